The van der Waals surface area contributed by atoms with Crippen molar-refractivity contribution in [3.05, 3.63) is 76.6 Å². The van der Waals surface area contributed by atoms with Gasteiger partial charge in [0, 0.05) is 22.3 Å². The third-order valence-electron chi connectivity index (χ3n) is 4.67. The van der Waals surface area contributed by atoms with Crippen molar-refractivity contribution >= 4 is 46.6 Å². The number of aromatic nitrogens is 3. The Bertz CT molecular complexity index is 1100. The van der Waals surface area contributed by atoms with Crippen LogP contribution in [-0.4, -0.2) is 26.4 Å². The highest BCUT2D eigenvalue weighted by molar-refractivity contribution is 7.99. The van der Waals surface area contributed by atoms with Gasteiger partial charge in [-0.25, -0.2) is 0 Å². The maximum Gasteiger partial charge on any atom is 0.234 e. The molecule has 1 aromatic heterocycles. The zero-order valence-electron chi connectivity index (χ0n) is 18.8. The number of carbonyl (C=O) groups excluding carboxylic acids is 1. The molecule has 0 atom stereocenters. The molecule has 0 saturated heterocycles. The average molecular weight is 505 g/mol. The quantitative estimate of drug-likeness (QED) is 0.270. The van der Waals surface area contributed by atoms with E-state index in [0.29, 0.717) is 33.3 Å². The van der Waals surface area contributed by atoms with Gasteiger partial charge in [-0.1, -0.05) is 73.9 Å². The van der Waals surface area contributed by atoms with Crippen LogP contribution < -0.4 is 10.1 Å². The van der Waals surface area contributed by atoms with Crippen LogP contribution in [-0.2, 0) is 23.4 Å². The Morgan fingerprint density at radius 2 is 1.82 bits per heavy atom. The molecule has 0 aliphatic carbocycles. The first kappa shape index (κ1) is 25.1. The van der Waals surface area contributed by atoms with Crippen molar-refractivity contribution in [2.24, 2.45) is 0 Å². The second-order valence-corrected chi connectivity index (χ2v) is 10.2. The van der Waals surface area contributed by atoms with Crippen LogP contribution in [0.2, 0.25) is 10.0 Å². The number of amides is 1. The fourth-order valence-electron chi connectivity index (χ4n) is 3.00. The molecule has 1 amide bonds. The minimum Gasteiger partial charge on any atom is -0.486 e. The first-order chi connectivity index (χ1) is 15.7. The van der Waals surface area contributed by atoms with E-state index in [0.717, 1.165) is 5.75 Å². The predicted octanol–water partition coefficient (Wildman–Crippen LogP) is 6.38. The molecule has 174 valence electrons. The highest BCUT2D eigenvalue weighted by Gasteiger charge is 2.16. The zero-order chi connectivity index (χ0) is 24.0. The fraction of sp³-hybridized carbons (Fsp3) is 0.292. The number of hydrogen-bond acceptors (Lipinski definition) is 5. The normalized spacial score (nSPS) is 11.3. The molecule has 0 aliphatic rings. The van der Waals surface area contributed by atoms with Crippen LogP contribution in [0.4, 0.5) is 5.69 Å². The van der Waals surface area contributed by atoms with E-state index in [1.165, 1.54) is 17.3 Å². The lowest BCUT2D eigenvalue weighted by Gasteiger charge is -2.19. The van der Waals surface area contributed by atoms with E-state index in [9.17, 15) is 4.79 Å². The standard InChI is InChI=1S/C24H26Cl2N4O2S/c1-5-10-30-21(14-32-20-8-6-16(7-9-20)24(2,3)4)28-29-23(30)33-15-22(31)27-19-12-17(25)11-18(26)13-19/h5-9,11-13H,1,10,14-15H2,2-4H3,(H,27,31). The first-order valence-corrected chi connectivity index (χ1v) is 12.0. The van der Waals surface area contributed by atoms with Gasteiger partial charge in [-0.15, -0.1) is 16.8 Å². The minimum atomic E-state index is -0.205. The van der Waals surface area contributed by atoms with E-state index in [2.05, 4.69) is 55.0 Å². The van der Waals surface area contributed by atoms with Crippen molar-refractivity contribution in [1.82, 2.24) is 14.8 Å². The largest absolute Gasteiger partial charge is 0.486 e. The fourth-order valence-corrected chi connectivity index (χ4v) is 4.29. The summed E-state index contributed by atoms with van der Waals surface area (Å²) in [7, 11) is 0. The molecule has 9 heteroatoms. The SMILES string of the molecule is C=CCn1c(COc2ccc(C(C)(C)C)cc2)nnc1SCC(=O)Nc1cc(Cl)cc(Cl)c1. The summed E-state index contributed by atoms with van der Waals surface area (Å²) in [5.74, 6) is 1.35. The molecule has 0 radical (unpaired) electrons. The van der Waals surface area contributed by atoms with Gasteiger partial charge >= 0.3 is 0 Å². The Balaban J connectivity index is 1.61. The van der Waals surface area contributed by atoms with E-state index in [-0.39, 0.29) is 23.7 Å². The van der Waals surface area contributed by atoms with Gasteiger partial charge in [0.15, 0.2) is 11.0 Å². The summed E-state index contributed by atoms with van der Waals surface area (Å²) in [6.45, 7) is 11.1. The molecule has 2 aromatic carbocycles. The number of anilines is 1. The van der Waals surface area contributed by atoms with Crippen molar-refractivity contribution in [3.8, 4) is 5.75 Å². The molecule has 0 fully saturated rings. The van der Waals surface area contributed by atoms with Gasteiger partial charge in [0.05, 0.1) is 5.75 Å². The Morgan fingerprint density at radius 1 is 1.15 bits per heavy atom. The van der Waals surface area contributed by atoms with E-state index >= 15 is 0 Å². The average Bonchev–Trinajstić information content (AvgIpc) is 3.11. The minimum absolute atomic E-state index is 0.0834. The molecule has 0 bridgehead atoms. The van der Waals surface area contributed by atoms with Crippen molar-refractivity contribution in [3.63, 3.8) is 0 Å². The Morgan fingerprint density at radius 3 is 2.42 bits per heavy atom. The van der Waals surface area contributed by atoms with Crippen molar-refractivity contribution in [2.75, 3.05) is 11.1 Å². The molecule has 33 heavy (non-hydrogen) atoms. The maximum absolute atomic E-state index is 12.4. The molecule has 0 aliphatic heterocycles. The van der Waals surface area contributed by atoms with Crippen LogP contribution in [0.15, 0.2) is 60.3 Å². The zero-order valence-corrected chi connectivity index (χ0v) is 21.1. The first-order valence-electron chi connectivity index (χ1n) is 10.3. The number of nitrogens with one attached hydrogen (secondary N) is 1. The summed E-state index contributed by atoms with van der Waals surface area (Å²) < 4.78 is 7.80. The van der Waals surface area contributed by atoms with Gasteiger partial charge in [-0.05, 0) is 41.3 Å². The number of thioether (sulfide) groups is 1. The lowest BCUT2D eigenvalue weighted by molar-refractivity contribution is -0.113. The number of ether oxygens (including phenoxy) is 1. The Labute approximate surface area is 208 Å². The van der Waals surface area contributed by atoms with Gasteiger partial charge in [0.2, 0.25) is 5.91 Å². The lowest BCUT2D eigenvalue weighted by Crippen LogP contribution is -2.15. The van der Waals surface area contributed by atoms with E-state index in [4.69, 9.17) is 27.9 Å². The molecular weight excluding hydrogens is 479 g/mol. The Hall–Kier alpha value is -2.48. The number of hydrogen-bond donors (Lipinski definition) is 1. The van der Waals surface area contributed by atoms with Crippen molar-refractivity contribution in [1.29, 1.82) is 0 Å². The van der Waals surface area contributed by atoms with Crippen LogP contribution in [0.3, 0.4) is 0 Å². The number of halogens is 2. The molecule has 1 N–H and O–H groups in total. The molecule has 3 aromatic rings. The Kier molecular flexibility index (Phi) is 8.46. The van der Waals surface area contributed by atoms with E-state index < -0.39 is 0 Å². The molecule has 0 spiro atoms. The number of rotatable bonds is 9. The topological polar surface area (TPSA) is 69.0 Å². The van der Waals surface area contributed by atoms with Crippen LogP contribution >= 0.6 is 35.0 Å². The second-order valence-electron chi connectivity index (χ2n) is 8.36. The van der Waals surface area contributed by atoms with Gasteiger partial charge in [0.1, 0.15) is 12.4 Å². The highest BCUT2D eigenvalue weighted by Crippen LogP contribution is 2.26. The van der Waals surface area contributed by atoms with Gasteiger partial charge < -0.3 is 10.1 Å². The molecule has 6 nitrogen and oxygen atoms in total. The molecule has 0 saturated carbocycles. The summed E-state index contributed by atoms with van der Waals surface area (Å²) in [6.07, 6.45) is 1.75. The number of benzene rings is 2. The van der Waals surface area contributed by atoms with Crippen molar-refractivity contribution in [2.45, 2.75) is 44.5 Å². The third-order valence-corrected chi connectivity index (χ3v) is 6.08. The molecular formula is C24H26Cl2N4O2S. The smallest absolute Gasteiger partial charge is 0.234 e. The summed E-state index contributed by atoms with van der Waals surface area (Å²) >= 11 is 13.2. The predicted molar refractivity (Wildman–Crippen MR) is 136 cm³/mol. The van der Waals surface area contributed by atoms with E-state index in [1.54, 1.807) is 24.3 Å². The number of nitrogens with zero attached hydrogens (tertiary/aromatic N) is 3. The van der Waals surface area contributed by atoms with Gasteiger partial charge in [-0.3, -0.25) is 9.36 Å². The second kappa shape index (κ2) is 11.1. The van der Waals surface area contributed by atoms with Crippen LogP contribution in [0, 0.1) is 0 Å². The highest BCUT2D eigenvalue weighted by atomic mass is 35.5. The van der Waals surface area contributed by atoms with Crippen LogP contribution in [0.1, 0.15) is 32.2 Å². The van der Waals surface area contributed by atoms with Crippen molar-refractivity contribution < 1.29 is 9.53 Å². The summed E-state index contributed by atoms with van der Waals surface area (Å²) in [5, 5.41) is 12.8. The van der Waals surface area contributed by atoms with Crippen LogP contribution in [0.5, 0.6) is 5.75 Å². The van der Waals surface area contributed by atoms with Crippen LogP contribution in [0.25, 0.3) is 0 Å². The summed E-state index contributed by atoms with van der Waals surface area (Å²) in [4.78, 5) is 12.4. The van der Waals surface area contributed by atoms with Gasteiger partial charge in [-0.2, -0.15) is 0 Å². The number of allylic oxidation sites excluding steroid dienone is 1. The third kappa shape index (κ3) is 7.25. The maximum atomic E-state index is 12.4. The summed E-state index contributed by atoms with van der Waals surface area (Å²) in [6, 6.07) is 12.9. The lowest BCUT2D eigenvalue weighted by atomic mass is 9.87. The van der Waals surface area contributed by atoms with E-state index in [1.807, 2.05) is 16.7 Å². The van der Waals surface area contributed by atoms with Gasteiger partial charge in [0.25, 0.3) is 0 Å². The monoisotopic (exact) mass is 504 g/mol. The number of carbonyl (C=O) groups is 1. The molecule has 3 rings (SSSR count). The molecule has 1 heterocycles. The molecule has 0 unspecified atom stereocenters. The summed E-state index contributed by atoms with van der Waals surface area (Å²) in [5.41, 5.74) is 1.86.